The maximum atomic E-state index is 12.5. The third kappa shape index (κ3) is 5.90. The summed E-state index contributed by atoms with van der Waals surface area (Å²) in [6.07, 6.45) is 2.71. The zero-order valence-electron chi connectivity index (χ0n) is 17.1. The van der Waals surface area contributed by atoms with E-state index in [4.69, 9.17) is 4.99 Å². The summed E-state index contributed by atoms with van der Waals surface area (Å²) in [6.45, 7) is 10.0. The Hall–Kier alpha value is -1.68. The molecule has 1 aromatic heterocycles. The lowest BCUT2D eigenvalue weighted by Crippen LogP contribution is -2.44. The number of hydrogen-bond acceptors (Lipinski definition) is 5. The van der Waals surface area contributed by atoms with Crippen molar-refractivity contribution < 1.29 is 8.42 Å². The predicted molar refractivity (Wildman–Crippen MR) is 107 cm³/mol. The highest BCUT2D eigenvalue weighted by atomic mass is 32.2. The molecule has 0 radical (unpaired) electrons. The first kappa shape index (κ1) is 21.6. The van der Waals surface area contributed by atoms with Crippen molar-refractivity contribution in [2.75, 3.05) is 19.6 Å². The number of aliphatic imine (C=N–C) groups is 1. The molecular weight excluding hydrogens is 366 g/mol. The van der Waals surface area contributed by atoms with E-state index in [2.05, 4.69) is 27.2 Å². The molecule has 0 spiro atoms. The van der Waals surface area contributed by atoms with Gasteiger partial charge in [-0.1, -0.05) is 13.3 Å². The van der Waals surface area contributed by atoms with Crippen LogP contribution < -0.4 is 10.0 Å². The Balaban J connectivity index is 2.09. The van der Waals surface area contributed by atoms with E-state index in [9.17, 15) is 8.42 Å². The second-order valence-electron chi connectivity index (χ2n) is 7.32. The Morgan fingerprint density at radius 1 is 1.37 bits per heavy atom. The largest absolute Gasteiger partial charge is 0.356 e. The summed E-state index contributed by atoms with van der Waals surface area (Å²) in [5.41, 5.74) is 0. The van der Waals surface area contributed by atoms with Crippen molar-refractivity contribution in [3.8, 4) is 0 Å². The van der Waals surface area contributed by atoms with E-state index in [1.165, 1.54) is 0 Å². The lowest BCUT2D eigenvalue weighted by atomic mass is 10.3. The van der Waals surface area contributed by atoms with E-state index < -0.39 is 15.3 Å². The molecule has 1 atom stereocenters. The standard InChI is InChI=1S/C17H33N7O2S/c1-6-7-9-18-17(19-11-16-21-20-14(4)23(16)5)24-10-8-15(12-24)27(25,26)22-13(2)3/h13,15,22H,6-12H2,1-5H3,(H,18,19). The zero-order valence-corrected chi connectivity index (χ0v) is 17.9. The normalized spacial score (nSPS) is 18.5. The van der Waals surface area contributed by atoms with Gasteiger partial charge in [0.2, 0.25) is 10.0 Å². The highest BCUT2D eigenvalue weighted by molar-refractivity contribution is 7.90. The molecule has 2 rings (SSSR count). The third-order valence-electron chi connectivity index (χ3n) is 4.65. The van der Waals surface area contributed by atoms with Gasteiger partial charge in [-0.2, -0.15) is 0 Å². The smallest absolute Gasteiger partial charge is 0.216 e. The molecule has 1 aliphatic rings. The number of hydrogen-bond donors (Lipinski definition) is 2. The minimum Gasteiger partial charge on any atom is -0.356 e. The average Bonchev–Trinajstić information content (AvgIpc) is 3.19. The number of nitrogens with zero attached hydrogens (tertiary/aromatic N) is 5. The minimum atomic E-state index is -3.32. The van der Waals surface area contributed by atoms with Gasteiger partial charge in [-0.05, 0) is 33.6 Å². The molecular formula is C17H33N7O2S. The molecule has 1 aromatic rings. The first-order valence-corrected chi connectivity index (χ1v) is 11.2. The summed E-state index contributed by atoms with van der Waals surface area (Å²) in [6, 6.07) is -0.0981. The zero-order chi connectivity index (χ0) is 20.0. The van der Waals surface area contributed by atoms with Gasteiger partial charge in [-0.15, -0.1) is 10.2 Å². The molecule has 9 nitrogen and oxygen atoms in total. The van der Waals surface area contributed by atoms with Crippen molar-refractivity contribution in [1.82, 2.24) is 29.7 Å². The van der Waals surface area contributed by atoms with Crippen molar-refractivity contribution >= 4 is 16.0 Å². The van der Waals surface area contributed by atoms with Gasteiger partial charge in [-0.3, -0.25) is 0 Å². The Morgan fingerprint density at radius 3 is 2.70 bits per heavy atom. The molecule has 0 saturated carbocycles. The van der Waals surface area contributed by atoms with Crippen LogP contribution in [0.3, 0.4) is 0 Å². The number of aromatic nitrogens is 3. The molecule has 1 saturated heterocycles. The van der Waals surface area contributed by atoms with Crippen molar-refractivity contribution in [1.29, 1.82) is 0 Å². The molecule has 0 aliphatic carbocycles. The lowest BCUT2D eigenvalue weighted by molar-refractivity contribution is 0.485. The van der Waals surface area contributed by atoms with Gasteiger partial charge in [0.25, 0.3) is 0 Å². The monoisotopic (exact) mass is 399 g/mol. The van der Waals surface area contributed by atoms with E-state index in [0.717, 1.165) is 37.0 Å². The summed E-state index contributed by atoms with van der Waals surface area (Å²) in [4.78, 5) is 6.72. The number of nitrogens with one attached hydrogen (secondary N) is 2. The Bertz CT molecular complexity index is 742. The molecule has 1 fully saturated rings. The van der Waals surface area contributed by atoms with Crippen molar-refractivity contribution in [2.45, 2.75) is 64.8 Å². The maximum Gasteiger partial charge on any atom is 0.216 e. The highest BCUT2D eigenvalue weighted by Crippen LogP contribution is 2.17. The quantitative estimate of drug-likeness (QED) is 0.380. The first-order chi connectivity index (χ1) is 12.7. The molecule has 2 N–H and O–H groups in total. The topological polar surface area (TPSA) is 105 Å². The van der Waals surface area contributed by atoms with Crippen LogP contribution in [0.15, 0.2) is 4.99 Å². The molecule has 1 unspecified atom stereocenters. The van der Waals surface area contributed by atoms with E-state index in [1.807, 2.05) is 37.3 Å². The maximum absolute atomic E-state index is 12.5. The Labute approximate surface area is 162 Å². The molecule has 0 aromatic carbocycles. The van der Waals surface area contributed by atoms with Gasteiger partial charge in [0, 0.05) is 32.7 Å². The number of likely N-dealkylation sites (tertiary alicyclic amines) is 1. The van der Waals surface area contributed by atoms with Crippen LogP contribution in [-0.2, 0) is 23.6 Å². The first-order valence-electron chi connectivity index (χ1n) is 9.63. The number of unbranched alkanes of at least 4 members (excludes halogenated alkanes) is 1. The summed E-state index contributed by atoms with van der Waals surface area (Å²) in [7, 11) is -1.41. The summed E-state index contributed by atoms with van der Waals surface area (Å²) in [5, 5.41) is 11.2. The van der Waals surface area contributed by atoms with E-state index in [-0.39, 0.29) is 6.04 Å². The van der Waals surface area contributed by atoms with Crippen LogP contribution in [0.5, 0.6) is 0 Å². The van der Waals surface area contributed by atoms with Gasteiger partial charge in [-0.25, -0.2) is 18.1 Å². The molecule has 2 heterocycles. The summed E-state index contributed by atoms with van der Waals surface area (Å²) in [5.74, 6) is 2.37. The van der Waals surface area contributed by atoms with Crippen LogP contribution >= 0.6 is 0 Å². The summed E-state index contributed by atoms with van der Waals surface area (Å²) < 4.78 is 29.6. The molecule has 10 heteroatoms. The van der Waals surface area contributed by atoms with Crippen LogP contribution in [0.25, 0.3) is 0 Å². The van der Waals surface area contributed by atoms with Crippen molar-refractivity contribution in [3.63, 3.8) is 0 Å². The third-order valence-corrected chi connectivity index (χ3v) is 6.71. The number of sulfonamides is 1. The molecule has 27 heavy (non-hydrogen) atoms. The molecule has 154 valence electrons. The number of rotatable bonds is 8. The number of guanidine groups is 1. The van der Waals surface area contributed by atoms with Crippen LogP contribution in [0.4, 0.5) is 0 Å². The highest BCUT2D eigenvalue weighted by Gasteiger charge is 2.34. The fourth-order valence-electron chi connectivity index (χ4n) is 2.98. The molecule has 0 bridgehead atoms. The fraction of sp³-hybridized carbons (Fsp3) is 0.824. The van der Waals surface area contributed by atoms with Gasteiger partial charge in [0.1, 0.15) is 12.4 Å². The van der Waals surface area contributed by atoms with Crippen LogP contribution in [0.1, 0.15) is 51.7 Å². The van der Waals surface area contributed by atoms with Gasteiger partial charge < -0.3 is 14.8 Å². The average molecular weight is 400 g/mol. The SMILES string of the molecule is CCCCNC(=NCc1nnc(C)n1C)N1CCC(S(=O)(=O)NC(C)C)C1. The van der Waals surface area contributed by atoms with Gasteiger partial charge in [0.05, 0.1) is 5.25 Å². The second-order valence-corrected chi connectivity index (χ2v) is 9.31. The van der Waals surface area contributed by atoms with Gasteiger partial charge in [0.15, 0.2) is 11.8 Å². The molecule has 1 aliphatic heterocycles. The number of aryl methyl sites for hydroxylation is 1. The predicted octanol–water partition coefficient (Wildman–Crippen LogP) is 0.771. The Morgan fingerprint density at radius 2 is 2.11 bits per heavy atom. The van der Waals surface area contributed by atoms with Crippen molar-refractivity contribution in [3.05, 3.63) is 11.6 Å². The van der Waals surface area contributed by atoms with Crippen LogP contribution in [0, 0.1) is 6.92 Å². The van der Waals surface area contributed by atoms with Gasteiger partial charge >= 0.3 is 0 Å². The van der Waals surface area contributed by atoms with E-state index in [0.29, 0.717) is 26.1 Å². The minimum absolute atomic E-state index is 0.0981. The lowest BCUT2D eigenvalue weighted by Gasteiger charge is -2.22. The van der Waals surface area contributed by atoms with E-state index in [1.54, 1.807) is 0 Å². The van der Waals surface area contributed by atoms with Crippen LogP contribution in [-0.4, -0.2) is 65.0 Å². The second kappa shape index (κ2) is 9.50. The summed E-state index contributed by atoms with van der Waals surface area (Å²) >= 11 is 0. The van der Waals surface area contributed by atoms with Crippen molar-refractivity contribution in [2.24, 2.45) is 12.0 Å². The molecule has 0 amide bonds. The van der Waals surface area contributed by atoms with E-state index >= 15 is 0 Å². The Kier molecular flexibility index (Phi) is 7.60. The van der Waals surface area contributed by atoms with Crippen LogP contribution in [0.2, 0.25) is 0 Å². The fourth-order valence-corrected chi connectivity index (χ4v) is 4.62.